The minimum Gasteiger partial charge on any atom is -0.312 e. The highest BCUT2D eigenvalue weighted by Crippen LogP contribution is 2.46. The molecule has 1 N–H and O–H groups in total. The molecule has 2 heterocycles. The summed E-state index contributed by atoms with van der Waals surface area (Å²) in [6, 6.07) is 7.25. The van der Waals surface area contributed by atoms with Crippen LogP contribution in [0.1, 0.15) is 17.9 Å². The maximum absolute atomic E-state index is 12.5. The number of piperazine rings is 1. The first-order chi connectivity index (χ1) is 10.2. The third kappa shape index (κ3) is 2.03. The zero-order valence-electron chi connectivity index (χ0n) is 11.5. The van der Waals surface area contributed by atoms with Gasteiger partial charge in [-0.25, -0.2) is 4.79 Å². The number of hydrogen-bond donors (Lipinski definition) is 1. The number of amides is 3. The van der Waals surface area contributed by atoms with Crippen molar-refractivity contribution in [3.8, 4) is 0 Å². The van der Waals surface area contributed by atoms with Crippen molar-refractivity contribution in [1.29, 1.82) is 0 Å². The second-order valence-electron chi connectivity index (χ2n) is 5.87. The van der Waals surface area contributed by atoms with Crippen LogP contribution >= 0.6 is 11.6 Å². The molecule has 1 saturated carbocycles. The standard InChI is InChI=1S/C15H16ClN3O2/c16-10-3-1-9(2-4-10)11-7-12(11)19-14(20)13-8-17-5-6-18(13)15(19)21/h1-4,11-13,17H,5-8H2/t11-,12+,13-/m0/s1. The van der Waals surface area contributed by atoms with Gasteiger partial charge in [0.1, 0.15) is 6.04 Å². The van der Waals surface area contributed by atoms with Gasteiger partial charge in [-0.05, 0) is 24.1 Å². The van der Waals surface area contributed by atoms with Gasteiger partial charge in [-0.3, -0.25) is 9.69 Å². The van der Waals surface area contributed by atoms with Gasteiger partial charge in [0, 0.05) is 36.6 Å². The zero-order valence-corrected chi connectivity index (χ0v) is 12.2. The van der Waals surface area contributed by atoms with Crippen molar-refractivity contribution in [2.24, 2.45) is 0 Å². The fourth-order valence-electron chi connectivity index (χ4n) is 3.39. The van der Waals surface area contributed by atoms with Crippen LogP contribution in [0.25, 0.3) is 0 Å². The van der Waals surface area contributed by atoms with E-state index in [1.165, 1.54) is 4.90 Å². The van der Waals surface area contributed by atoms with Gasteiger partial charge in [0.05, 0.1) is 0 Å². The summed E-state index contributed by atoms with van der Waals surface area (Å²) >= 11 is 5.90. The van der Waals surface area contributed by atoms with Crippen molar-refractivity contribution in [3.63, 3.8) is 0 Å². The minimum atomic E-state index is -0.308. The monoisotopic (exact) mass is 305 g/mol. The Hall–Kier alpha value is -1.59. The average molecular weight is 306 g/mol. The predicted octanol–water partition coefficient (Wildman–Crippen LogP) is 1.43. The Morgan fingerprint density at radius 3 is 2.67 bits per heavy atom. The van der Waals surface area contributed by atoms with Crippen molar-refractivity contribution in [2.75, 3.05) is 19.6 Å². The van der Waals surface area contributed by atoms with Crippen LogP contribution < -0.4 is 5.32 Å². The molecule has 3 aliphatic rings. The first-order valence-electron chi connectivity index (χ1n) is 7.26. The molecule has 6 heteroatoms. The van der Waals surface area contributed by atoms with Crippen LogP contribution in [0.3, 0.4) is 0 Å². The Labute approximate surface area is 127 Å². The van der Waals surface area contributed by atoms with E-state index in [1.54, 1.807) is 4.90 Å². The van der Waals surface area contributed by atoms with Crippen LogP contribution in [-0.4, -0.2) is 53.5 Å². The number of halogens is 1. The summed E-state index contributed by atoms with van der Waals surface area (Å²) in [4.78, 5) is 28.1. The van der Waals surface area contributed by atoms with E-state index in [9.17, 15) is 9.59 Å². The van der Waals surface area contributed by atoms with Crippen molar-refractivity contribution in [3.05, 3.63) is 34.9 Å². The van der Waals surface area contributed by atoms with E-state index in [-0.39, 0.29) is 29.9 Å². The molecule has 2 saturated heterocycles. The summed E-state index contributed by atoms with van der Waals surface area (Å²) in [5.41, 5.74) is 1.15. The number of benzene rings is 1. The molecule has 0 radical (unpaired) electrons. The van der Waals surface area contributed by atoms with E-state index in [0.29, 0.717) is 18.1 Å². The van der Waals surface area contributed by atoms with Gasteiger partial charge < -0.3 is 10.2 Å². The van der Waals surface area contributed by atoms with Crippen LogP contribution in [0, 0.1) is 0 Å². The predicted molar refractivity (Wildman–Crippen MR) is 78.2 cm³/mol. The third-order valence-electron chi connectivity index (χ3n) is 4.60. The van der Waals surface area contributed by atoms with Crippen LogP contribution in [0.2, 0.25) is 5.02 Å². The Morgan fingerprint density at radius 1 is 1.19 bits per heavy atom. The molecule has 1 aliphatic carbocycles. The normalized spacial score (nSPS) is 31.6. The molecule has 3 atom stereocenters. The second kappa shape index (κ2) is 4.71. The summed E-state index contributed by atoms with van der Waals surface area (Å²) in [6.07, 6.45) is 0.854. The van der Waals surface area contributed by atoms with Gasteiger partial charge in [-0.1, -0.05) is 23.7 Å². The van der Waals surface area contributed by atoms with Gasteiger partial charge in [-0.15, -0.1) is 0 Å². The Balaban J connectivity index is 1.54. The van der Waals surface area contributed by atoms with Crippen LogP contribution in [0.5, 0.6) is 0 Å². The quantitative estimate of drug-likeness (QED) is 0.841. The van der Waals surface area contributed by atoms with E-state index in [1.807, 2.05) is 24.3 Å². The number of carbonyl (C=O) groups is 2. The maximum Gasteiger partial charge on any atom is 0.327 e. The summed E-state index contributed by atoms with van der Waals surface area (Å²) in [5.74, 6) is 0.207. The van der Waals surface area contributed by atoms with Crippen molar-refractivity contribution in [2.45, 2.75) is 24.4 Å². The van der Waals surface area contributed by atoms with E-state index in [4.69, 9.17) is 11.6 Å². The van der Waals surface area contributed by atoms with Gasteiger partial charge in [0.2, 0.25) is 0 Å². The molecule has 1 aromatic rings. The summed E-state index contributed by atoms with van der Waals surface area (Å²) < 4.78 is 0. The molecule has 2 aliphatic heterocycles. The molecule has 5 nitrogen and oxygen atoms in total. The maximum atomic E-state index is 12.5. The molecule has 0 spiro atoms. The van der Waals surface area contributed by atoms with E-state index in [0.717, 1.165) is 18.5 Å². The number of imide groups is 1. The molecular formula is C15H16ClN3O2. The summed E-state index contributed by atoms with van der Waals surface area (Å²) in [7, 11) is 0. The fraction of sp³-hybridized carbons (Fsp3) is 0.467. The average Bonchev–Trinajstić information content (AvgIpc) is 3.23. The van der Waals surface area contributed by atoms with Crippen molar-refractivity contribution >= 4 is 23.5 Å². The smallest absolute Gasteiger partial charge is 0.312 e. The molecular weight excluding hydrogens is 290 g/mol. The molecule has 0 aromatic heterocycles. The first-order valence-corrected chi connectivity index (χ1v) is 7.64. The van der Waals surface area contributed by atoms with Crippen LogP contribution in [0.4, 0.5) is 4.79 Å². The van der Waals surface area contributed by atoms with Crippen molar-refractivity contribution in [1.82, 2.24) is 15.1 Å². The minimum absolute atomic E-state index is 0.0109. The molecule has 110 valence electrons. The Kier molecular flexibility index (Phi) is 2.94. The highest BCUT2D eigenvalue weighted by atomic mass is 35.5. The van der Waals surface area contributed by atoms with Crippen molar-refractivity contribution < 1.29 is 9.59 Å². The first kappa shape index (κ1) is 13.1. The topological polar surface area (TPSA) is 52.7 Å². The largest absolute Gasteiger partial charge is 0.327 e. The Bertz CT molecular complexity index is 579. The van der Waals surface area contributed by atoms with Crippen LogP contribution in [-0.2, 0) is 4.79 Å². The molecule has 1 aromatic carbocycles. The SMILES string of the molecule is O=C1[C@@H]2CNCCN2C(=O)N1[C@@H]1C[C@H]1c1ccc(Cl)cc1. The zero-order chi connectivity index (χ0) is 14.6. The second-order valence-corrected chi connectivity index (χ2v) is 6.30. The van der Waals surface area contributed by atoms with Gasteiger partial charge >= 0.3 is 6.03 Å². The van der Waals surface area contributed by atoms with Crippen LogP contribution in [0.15, 0.2) is 24.3 Å². The summed E-state index contributed by atoms with van der Waals surface area (Å²) in [5, 5.41) is 3.88. The number of urea groups is 1. The highest BCUT2D eigenvalue weighted by Gasteiger charge is 2.55. The van der Waals surface area contributed by atoms with E-state index >= 15 is 0 Å². The molecule has 0 bridgehead atoms. The van der Waals surface area contributed by atoms with E-state index in [2.05, 4.69) is 5.32 Å². The molecule has 3 amide bonds. The number of nitrogens with one attached hydrogen (secondary N) is 1. The number of fused-ring (bicyclic) bond motifs is 1. The number of carbonyl (C=O) groups excluding carboxylic acids is 2. The number of rotatable bonds is 2. The Morgan fingerprint density at radius 2 is 1.95 bits per heavy atom. The highest BCUT2D eigenvalue weighted by molar-refractivity contribution is 6.30. The lowest BCUT2D eigenvalue weighted by atomic mass is 10.1. The fourth-order valence-corrected chi connectivity index (χ4v) is 3.51. The molecule has 4 rings (SSSR count). The number of hydrogen-bond acceptors (Lipinski definition) is 3. The lowest BCUT2D eigenvalue weighted by Gasteiger charge is -2.26. The van der Waals surface area contributed by atoms with Gasteiger partial charge in [-0.2, -0.15) is 0 Å². The van der Waals surface area contributed by atoms with Gasteiger partial charge in [0.15, 0.2) is 0 Å². The molecule has 0 unspecified atom stereocenters. The number of nitrogens with zero attached hydrogens (tertiary/aromatic N) is 2. The van der Waals surface area contributed by atoms with Gasteiger partial charge in [0.25, 0.3) is 5.91 Å². The van der Waals surface area contributed by atoms with E-state index < -0.39 is 0 Å². The summed E-state index contributed by atoms with van der Waals surface area (Å²) in [6.45, 7) is 1.94. The lowest BCUT2D eigenvalue weighted by molar-refractivity contribution is -0.128. The molecule has 3 fully saturated rings. The molecule has 21 heavy (non-hydrogen) atoms. The lowest BCUT2D eigenvalue weighted by Crippen LogP contribution is -2.51. The third-order valence-corrected chi connectivity index (χ3v) is 4.86.